The summed E-state index contributed by atoms with van der Waals surface area (Å²) in [5, 5.41) is 9.02. The number of likely N-dealkylation sites (tertiary alicyclic amines) is 1. The molecule has 0 unspecified atom stereocenters. The second kappa shape index (κ2) is 15.2. The van der Waals surface area contributed by atoms with Crippen LogP contribution in [0.2, 0.25) is 0 Å². The monoisotopic (exact) mass is 555 g/mol. The van der Waals surface area contributed by atoms with Crippen LogP contribution in [0.25, 0.3) is 0 Å². The molecular formula is C24H31Cl2N5O2S2. The number of hydrogen-bond acceptors (Lipinski definition) is 8. The minimum Gasteiger partial charge on any atom is -0.485 e. The van der Waals surface area contributed by atoms with E-state index in [9.17, 15) is 4.79 Å². The number of thiazole rings is 1. The lowest BCUT2D eigenvalue weighted by Crippen LogP contribution is -2.34. The average molecular weight is 557 g/mol. The molecule has 0 radical (unpaired) electrons. The summed E-state index contributed by atoms with van der Waals surface area (Å²) in [5.41, 5.74) is 2.03. The Morgan fingerprint density at radius 2 is 1.97 bits per heavy atom. The fourth-order valence-electron chi connectivity index (χ4n) is 3.52. The summed E-state index contributed by atoms with van der Waals surface area (Å²) in [4.78, 5) is 24.6. The minimum absolute atomic E-state index is 0. The zero-order chi connectivity index (χ0) is 22.9. The van der Waals surface area contributed by atoms with Gasteiger partial charge in [-0.3, -0.25) is 4.79 Å². The summed E-state index contributed by atoms with van der Waals surface area (Å²) < 4.78 is 6.10. The van der Waals surface area contributed by atoms with E-state index in [1.54, 1.807) is 6.20 Å². The van der Waals surface area contributed by atoms with Crippen molar-refractivity contribution in [1.82, 2.24) is 20.2 Å². The number of carbonyl (C=O) groups is 1. The molecule has 3 heterocycles. The van der Waals surface area contributed by atoms with Crippen LogP contribution in [0.3, 0.4) is 0 Å². The van der Waals surface area contributed by atoms with Gasteiger partial charge in [0.25, 0.3) is 0 Å². The largest absolute Gasteiger partial charge is 0.485 e. The van der Waals surface area contributed by atoms with Gasteiger partial charge >= 0.3 is 0 Å². The lowest BCUT2D eigenvalue weighted by molar-refractivity contribution is -0.118. The number of benzene rings is 1. The average Bonchev–Trinajstić information content (AvgIpc) is 3.50. The van der Waals surface area contributed by atoms with Crippen LogP contribution >= 0.6 is 47.9 Å². The molecular weight excluding hydrogens is 525 g/mol. The Kier molecular flexibility index (Phi) is 12.6. The van der Waals surface area contributed by atoms with Gasteiger partial charge in [-0.25, -0.2) is 9.97 Å². The second-order valence-electron chi connectivity index (χ2n) is 7.90. The SMILES string of the molecule is Cc1csc(Nc2ncc(SCC(=O)NCCN3CCCC3)cc2OCc2ccccc2)n1.Cl.Cl. The molecule has 0 saturated carbocycles. The number of rotatable bonds is 11. The number of aromatic nitrogens is 2. The van der Waals surface area contributed by atoms with Gasteiger partial charge < -0.3 is 20.3 Å². The maximum Gasteiger partial charge on any atom is 0.230 e. The molecule has 1 saturated heterocycles. The number of thioether (sulfide) groups is 1. The van der Waals surface area contributed by atoms with E-state index < -0.39 is 0 Å². The van der Waals surface area contributed by atoms with E-state index >= 15 is 0 Å². The number of anilines is 2. The van der Waals surface area contributed by atoms with Crippen molar-refractivity contribution in [3.8, 4) is 5.75 Å². The second-order valence-corrected chi connectivity index (χ2v) is 9.81. The van der Waals surface area contributed by atoms with Crippen molar-refractivity contribution in [3.05, 3.63) is 59.2 Å². The Morgan fingerprint density at radius 3 is 2.69 bits per heavy atom. The number of carbonyl (C=O) groups excluding carboxylic acids is 1. The van der Waals surface area contributed by atoms with Gasteiger partial charge in [-0.2, -0.15) is 0 Å². The van der Waals surface area contributed by atoms with Crippen molar-refractivity contribution in [2.75, 3.05) is 37.2 Å². The quantitative estimate of drug-likeness (QED) is 0.310. The molecule has 1 aliphatic heterocycles. The molecule has 1 amide bonds. The van der Waals surface area contributed by atoms with Crippen LogP contribution in [-0.2, 0) is 11.4 Å². The first kappa shape index (κ1) is 29.2. The van der Waals surface area contributed by atoms with Gasteiger partial charge in [0.15, 0.2) is 16.7 Å². The third-order valence-electron chi connectivity index (χ3n) is 5.23. The highest BCUT2D eigenvalue weighted by molar-refractivity contribution is 8.00. The third-order valence-corrected chi connectivity index (χ3v) is 7.07. The van der Waals surface area contributed by atoms with E-state index in [1.165, 1.54) is 35.9 Å². The predicted octanol–water partition coefficient (Wildman–Crippen LogP) is 5.32. The topological polar surface area (TPSA) is 79.4 Å². The first-order chi connectivity index (χ1) is 16.2. The highest BCUT2D eigenvalue weighted by Crippen LogP contribution is 2.32. The zero-order valence-corrected chi connectivity index (χ0v) is 22.8. The van der Waals surface area contributed by atoms with Crippen molar-refractivity contribution in [2.24, 2.45) is 0 Å². The summed E-state index contributed by atoms with van der Waals surface area (Å²) in [6.45, 7) is 6.29. The van der Waals surface area contributed by atoms with Crippen molar-refractivity contribution < 1.29 is 9.53 Å². The van der Waals surface area contributed by atoms with E-state index in [1.807, 2.05) is 48.7 Å². The first-order valence-electron chi connectivity index (χ1n) is 11.1. The molecule has 1 aromatic carbocycles. The van der Waals surface area contributed by atoms with Crippen LogP contribution in [-0.4, -0.2) is 52.7 Å². The van der Waals surface area contributed by atoms with Crippen molar-refractivity contribution >= 4 is 64.8 Å². The zero-order valence-electron chi connectivity index (χ0n) is 19.6. The van der Waals surface area contributed by atoms with E-state index in [2.05, 4.69) is 25.5 Å². The smallest absolute Gasteiger partial charge is 0.230 e. The van der Waals surface area contributed by atoms with Gasteiger partial charge in [0, 0.05) is 29.6 Å². The Morgan fingerprint density at radius 1 is 1.20 bits per heavy atom. The van der Waals surface area contributed by atoms with Gasteiger partial charge in [-0.1, -0.05) is 30.3 Å². The predicted molar refractivity (Wildman–Crippen MR) is 149 cm³/mol. The van der Waals surface area contributed by atoms with Gasteiger partial charge in [0.2, 0.25) is 5.91 Å². The molecule has 1 fully saturated rings. The molecule has 0 bridgehead atoms. The maximum atomic E-state index is 12.3. The molecule has 4 rings (SSSR count). The number of hydrogen-bond donors (Lipinski definition) is 2. The molecule has 35 heavy (non-hydrogen) atoms. The van der Waals surface area contributed by atoms with E-state index in [0.29, 0.717) is 30.5 Å². The molecule has 3 aromatic rings. The summed E-state index contributed by atoms with van der Waals surface area (Å²) in [6, 6.07) is 11.9. The fourth-order valence-corrected chi connectivity index (χ4v) is 4.92. The normalized spacial score (nSPS) is 12.9. The Labute approximate surface area is 227 Å². The lowest BCUT2D eigenvalue weighted by atomic mass is 10.2. The van der Waals surface area contributed by atoms with E-state index in [0.717, 1.165) is 40.9 Å². The molecule has 0 atom stereocenters. The molecule has 2 N–H and O–H groups in total. The fraction of sp³-hybridized carbons (Fsp3) is 0.375. The van der Waals surface area contributed by atoms with Crippen molar-refractivity contribution in [2.45, 2.75) is 31.3 Å². The van der Waals surface area contributed by atoms with Crippen LogP contribution in [0, 0.1) is 6.92 Å². The standard InChI is InChI=1S/C24H29N5O2S2.2ClH/c1-18-16-33-24(27-18)28-23-21(31-15-19-7-3-2-4-8-19)13-20(14-26-23)32-17-22(30)25-9-12-29-10-5-6-11-29;;/h2-4,7-8,13-14,16H,5-6,9-12,15,17H2,1H3,(H,25,30)(H,26,27,28);2*1H. The first-order valence-corrected chi connectivity index (χ1v) is 13.0. The summed E-state index contributed by atoms with van der Waals surface area (Å²) in [6.07, 6.45) is 4.29. The number of nitrogens with zero attached hydrogens (tertiary/aromatic N) is 3. The molecule has 190 valence electrons. The van der Waals surface area contributed by atoms with E-state index in [-0.39, 0.29) is 30.7 Å². The molecule has 11 heteroatoms. The molecule has 1 aliphatic rings. The highest BCUT2D eigenvalue weighted by Gasteiger charge is 2.13. The van der Waals surface area contributed by atoms with Gasteiger partial charge in [-0.15, -0.1) is 47.9 Å². The van der Waals surface area contributed by atoms with Crippen LogP contribution in [0.1, 0.15) is 24.1 Å². The maximum absolute atomic E-state index is 12.3. The highest BCUT2D eigenvalue weighted by atomic mass is 35.5. The third kappa shape index (κ3) is 9.50. The Bertz CT molecular complexity index is 1050. The molecule has 0 spiro atoms. The minimum atomic E-state index is 0. The number of pyridine rings is 1. The summed E-state index contributed by atoms with van der Waals surface area (Å²) >= 11 is 2.98. The lowest BCUT2D eigenvalue weighted by Gasteiger charge is -2.15. The van der Waals surface area contributed by atoms with Crippen LogP contribution in [0.5, 0.6) is 5.75 Å². The number of amides is 1. The van der Waals surface area contributed by atoms with Crippen molar-refractivity contribution in [1.29, 1.82) is 0 Å². The van der Waals surface area contributed by atoms with Gasteiger partial charge in [0.05, 0.1) is 11.4 Å². The number of aryl methyl sites for hydroxylation is 1. The van der Waals surface area contributed by atoms with Crippen molar-refractivity contribution in [3.63, 3.8) is 0 Å². The van der Waals surface area contributed by atoms with Crippen LogP contribution in [0.4, 0.5) is 10.9 Å². The molecule has 0 aliphatic carbocycles. The number of halogens is 2. The Hall–Kier alpha value is -2.04. The van der Waals surface area contributed by atoms with Gasteiger partial charge in [-0.05, 0) is 44.5 Å². The molecule has 7 nitrogen and oxygen atoms in total. The van der Waals surface area contributed by atoms with Crippen LogP contribution in [0.15, 0.2) is 52.9 Å². The summed E-state index contributed by atoms with van der Waals surface area (Å²) in [5.74, 6) is 1.62. The summed E-state index contributed by atoms with van der Waals surface area (Å²) in [7, 11) is 0. The van der Waals surface area contributed by atoms with Gasteiger partial charge in [0.1, 0.15) is 6.61 Å². The number of ether oxygens (including phenoxy) is 1. The number of nitrogens with one attached hydrogen (secondary N) is 2. The van der Waals surface area contributed by atoms with E-state index in [4.69, 9.17) is 4.74 Å². The Balaban J connectivity index is 0.00000216. The molecule has 2 aromatic heterocycles. The van der Waals surface area contributed by atoms with Crippen LogP contribution < -0.4 is 15.4 Å².